The van der Waals surface area contributed by atoms with E-state index in [1.165, 1.54) is 19.2 Å². The summed E-state index contributed by atoms with van der Waals surface area (Å²) in [6.07, 6.45) is -3.76. The van der Waals surface area contributed by atoms with Crippen LogP contribution in [0.2, 0.25) is 0 Å². The Morgan fingerprint density at radius 2 is 2.22 bits per heavy atom. The first-order valence-corrected chi connectivity index (χ1v) is 6.26. The number of H-pyrrole nitrogens is 1. The highest BCUT2D eigenvalue weighted by Crippen LogP contribution is 2.28. The molecule has 0 saturated carbocycles. The van der Waals surface area contributed by atoms with E-state index in [0.29, 0.717) is 4.68 Å². The van der Waals surface area contributed by atoms with Crippen LogP contribution in [0.15, 0.2) is 23.3 Å². The van der Waals surface area contributed by atoms with Gasteiger partial charge in [0.25, 0.3) is 5.82 Å². The van der Waals surface area contributed by atoms with Gasteiger partial charge in [0.2, 0.25) is 4.77 Å². The summed E-state index contributed by atoms with van der Waals surface area (Å²) < 4.78 is 43.0. The Morgan fingerprint density at radius 1 is 1.52 bits per heavy atom. The number of nitrogens with one attached hydrogen (secondary N) is 1. The number of ether oxygens (including phenoxy) is 1. The lowest BCUT2D eigenvalue weighted by Crippen LogP contribution is -2.12. The molecule has 0 saturated heterocycles. The molecule has 1 aromatic carbocycles. The summed E-state index contributed by atoms with van der Waals surface area (Å²) in [6.45, 7) is 0. The number of hydrogen-bond acceptors (Lipinski definition) is 6. The second kappa shape index (κ2) is 6.16. The van der Waals surface area contributed by atoms with Gasteiger partial charge in [-0.05, 0) is 24.4 Å². The number of halogens is 3. The van der Waals surface area contributed by atoms with Crippen LogP contribution in [0.25, 0.3) is 0 Å². The fourth-order valence-corrected chi connectivity index (χ4v) is 1.82. The first-order valence-electron chi connectivity index (χ1n) is 5.85. The lowest BCUT2D eigenvalue weighted by Gasteiger charge is -2.04. The topological polar surface area (TPSA) is 98.3 Å². The largest absolute Gasteiger partial charge is 0.490 e. The molecular weight excluding hydrogens is 339 g/mol. The summed E-state index contributed by atoms with van der Waals surface area (Å²) in [7, 11) is 1.26. The summed E-state index contributed by atoms with van der Waals surface area (Å²) in [6, 6.07) is 3.81. The maximum absolute atomic E-state index is 12.7. The van der Waals surface area contributed by atoms with E-state index in [0.717, 1.165) is 12.3 Å². The minimum atomic E-state index is -4.75. The number of benzene rings is 1. The number of aromatic nitrogens is 3. The second-order valence-corrected chi connectivity index (χ2v) is 4.48. The fourth-order valence-electron chi connectivity index (χ4n) is 1.64. The van der Waals surface area contributed by atoms with Gasteiger partial charge in [-0.3, -0.25) is 10.1 Å². The van der Waals surface area contributed by atoms with Gasteiger partial charge in [-0.1, -0.05) is 0 Å². The number of nitro groups is 1. The van der Waals surface area contributed by atoms with Gasteiger partial charge in [0.05, 0.1) is 18.2 Å². The van der Waals surface area contributed by atoms with Crippen molar-refractivity contribution in [1.29, 1.82) is 0 Å². The van der Waals surface area contributed by atoms with Crippen molar-refractivity contribution < 1.29 is 22.8 Å². The molecule has 1 aromatic heterocycles. The average molecular weight is 347 g/mol. The Hall–Kier alpha value is -2.76. The van der Waals surface area contributed by atoms with Crippen molar-refractivity contribution in [3.05, 3.63) is 44.5 Å². The zero-order chi connectivity index (χ0) is 17.2. The van der Waals surface area contributed by atoms with Crippen LogP contribution in [-0.2, 0) is 6.18 Å². The lowest BCUT2D eigenvalue weighted by atomic mass is 10.2. The lowest BCUT2D eigenvalue weighted by molar-refractivity contribution is -0.385. The van der Waals surface area contributed by atoms with Crippen molar-refractivity contribution in [2.45, 2.75) is 6.18 Å². The third kappa shape index (κ3) is 3.53. The summed E-state index contributed by atoms with van der Waals surface area (Å²) in [5.74, 6) is -1.31. The van der Waals surface area contributed by atoms with Crippen LogP contribution in [-0.4, -0.2) is 33.1 Å². The van der Waals surface area contributed by atoms with E-state index in [2.05, 4.69) is 22.4 Å². The van der Waals surface area contributed by atoms with Gasteiger partial charge in [0.15, 0.2) is 5.75 Å². The second-order valence-electron chi connectivity index (χ2n) is 4.09. The van der Waals surface area contributed by atoms with Gasteiger partial charge in [-0.2, -0.15) is 22.9 Å². The van der Waals surface area contributed by atoms with E-state index in [4.69, 9.17) is 4.74 Å². The Kier molecular flexibility index (Phi) is 4.45. The molecule has 0 spiro atoms. The Morgan fingerprint density at radius 3 is 2.78 bits per heavy atom. The van der Waals surface area contributed by atoms with Crippen LogP contribution >= 0.6 is 12.2 Å². The zero-order valence-electron chi connectivity index (χ0n) is 11.4. The highest BCUT2D eigenvalue weighted by Gasteiger charge is 2.37. The zero-order valence-corrected chi connectivity index (χ0v) is 12.2. The fraction of sp³-hybridized carbons (Fsp3) is 0.182. The summed E-state index contributed by atoms with van der Waals surface area (Å²) in [5, 5.41) is 19.5. The maximum Gasteiger partial charge on any atom is 0.453 e. The predicted octanol–water partition coefficient (Wildman–Crippen LogP) is 2.76. The van der Waals surface area contributed by atoms with Crippen molar-refractivity contribution in [3.8, 4) is 5.75 Å². The third-order valence-electron chi connectivity index (χ3n) is 2.63. The third-order valence-corrected chi connectivity index (χ3v) is 2.89. The molecule has 1 heterocycles. The molecule has 8 nitrogen and oxygen atoms in total. The van der Waals surface area contributed by atoms with E-state index in [9.17, 15) is 23.3 Å². The highest BCUT2D eigenvalue weighted by molar-refractivity contribution is 7.71. The smallest absolute Gasteiger partial charge is 0.453 e. The predicted molar refractivity (Wildman–Crippen MR) is 75.1 cm³/mol. The first-order chi connectivity index (χ1) is 10.7. The highest BCUT2D eigenvalue weighted by atomic mass is 32.1. The number of methoxy groups -OCH3 is 1. The number of nitrogens with zero attached hydrogens (tertiary/aromatic N) is 4. The van der Waals surface area contributed by atoms with Gasteiger partial charge >= 0.3 is 11.9 Å². The molecule has 0 bridgehead atoms. The number of rotatable bonds is 4. The molecule has 2 aromatic rings. The van der Waals surface area contributed by atoms with Crippen molar-refractivity contribution in [1.82, 2.24) is 14.9 Å². The van der Waals surface area contributed by atoms with Crippen LogP contribution < -0.4 is 4.74 Å². The van der Waals surface area contributed by atoms with Crippen LogP contribution in [0.4, 0.5) is 18.9 Å². The SMILES string of the molecule is COc1ccc(C=Nn2c(C(F)(F)F)n[nH]c2=S)cc1[N+](=O)[O-]. The van der Waals surface area contributed by atoms with Crippen LogP contribution in [0, 0.1) is 14.9 Å². The molecule has 0 atom stereocenters. The van der Waals surface area contributed by atoms with Gasteiger partial charge in [0.1, 0.15) is 0 Å². The van der Waals surface area contributed by atoms with E-state index in [1.807, 2.05) is 5.10 Å². The standard InChI is InChI=1S/C11H8F3N5O3S/c1-22-8-3-2-6(4-7(8)19(20)21)5-15-18-9(11(12,13)14)16-17-10(18)23/h2-5H,1H3,(H,17,23). The van der Waals surface area contributed by atoms with Gasteiger partial charge in [-0.25, -0.2) is 5.10 Å². The van der Waals surface area contributed by atoms with E-state index in [-0.39, 0.29) is 21.8 Å². The van der Waals surface area contributed by atoms with Crippen molar-refractivity contribution in [2.24, 2.45) is 5.10 Å². The number of hydrogen-bond donors (Lipinski definition) is 1. The minimum Gasteiger partial charge on any atom is -0.490 e. The summed E-state index contributed by atoms with van der Waals surface area (Å²) in [5.41, 5.74) is -0.156. The Balaban J connectivity index is 2.42. The Bertz CT molecular complexity index is 827. The first kappa shape index (κ1) is 16.6. The molecule has 0 fully saturated rings. The van der Waals surface area contributed by atoms with Crippen molar-refractivity contribution in [2.75, 3.05) is 7.11 Å². The van der Waals surface area contributed by atoms with E-state index >= 15 is 0 Å². The minimum absolute atomic E-state index is 0.0167. The quantitative estimate of drug-likeness (QED) is 0.397. The normalized spacial score (nSPS) is 11.8. The summed E-state index contributed by atoms with van der Waals surface area (Å²) >= 11 is 4.67. The summed E-state index contributed by atoms with van der Waals surface area (Å²) in [4.78, 5) is 10.2. The van der Waals surface area contributed by atoms with Crippen LogP contribution in [0.5, 0.6) is 5.75 Å². The van der Waals surface area contributed by atoms with Crippen LogP contribution in [0.1, 0.15) is 11.4 Å². The van der Waals surface area contributed by atoms with Gasteiger partial charge < -0.3 is 4.74 Å². The molecule has 0 aliphatic heterocycles. The molecule has 0 aliphatic rings. The molecule has 0 unspecified atom stereocenters. The molecule has 12 heteroatoms. The number of aromatic amines is 1. The molecule has 2 rings (SSSR count). The van der Waals surface area contributed by atoms with E-state index < -0.39 is 16.9 Å². The maximum atomic E-state index is 12.7. The Labute approximate surface area is 131 Å². The number of alkyl halides is 3. The molecule has 0 amide bonds. The van der Waals surface area contributed by atoms with Crippen molar-refractivity contribution >= 4 is 24.1 Å². The molecule has 122 valence electrons. The molecular formula is C11H8F3N5O3S. The molecule has 1 N–H and O–H groups in total. The van der Waals surface area contributed by atoms with Gasteiger partial charge in [0, 0.05) is 11.6 Å². The van der Waals surface area contributed by atoms with Crippen LogP contribution in [0.3, 0.4) is 0 Å². The molecule has 0 aliphatic carbocycles. The molecule has 23 heavy (non-hydrogen) atoms. The van der Waals surface area contributed by atoms with Gasteiger partial charge in [-0.15, -0.1) is 5.10 Å². The number of nitro benzene ring substituents is 1. The average Bonchev–Trinajstić information content (AvgIpc) is 2.85. The monoisotopic (exact) mass is 347 g/mol. The molecule has 0 radical (unpaired) electrons. The van der Waals surface area contributed by atoms with E-state index in [1.54, 1.807) is 0 Å². The van der Waals surface area contributed by atoms with Crippen molar-refractivity contribution in [3.63, 3.8) is 0 Å².